The van der Waals surface area contributed by atoms with Crippen LogP contribution < -0.4 is 5.73 Å². The number of primary amides is 1. The van der Waals surface area contributed by atoms with Crippen molar-refractivity contribution >= 4 is 17.5 Å². The standard InChI is InChI=1S/C6H13ClN2O/c1-9(2)4-3-5(7)6(8)10/h5H,3-4H2,1-2H3,(H2,8,10). The molecule has 4 heteroatoms. The zero-order valence-corrected chi connectivity index (χ0v) is 7.06. The summed E-state index contributed by atoms with van der Waals surface area (Å²) in [6, 6.07) is 0. The van der Waals surface area contributed by atoms with Gasteiger partial charge < -0.3 is 10.6 Å². The summed E-state index contributed by atoms with van der Waals surface area (Å²) >= 11 is 5.56. The number of nitrogens with zero attached hydrogens (tertiary/aromatic N) is 1. The fraction of sp³-hybridized carbons (Fsp3) is 0.833. The first-order chi connectivity index (χ1) is 4.54. The molecule has 3 nitrogen and oxygen atoms in total. The zero-order valence-electron chi connectivity index (χ0n) is 6.30. The van der Waals surface area contributed by atoms with Crippen LogP contribution in [0.4, 0.5) is 0 Å². The van der Waals surface area contributed by atoms with Gasteiger partial charge in [-0.3, -0.25) is 4.79 Å². The van der Waals surface area contributed by atoms with Crippen LogP contribution in [0.1, 0.15) is 6.42 Å². The molecule has 0 bridgehead atoms. The van der Waals surface area contributed by atoms with Gasteiger partial charge in [0.25, 0.3) is 0 Å². The van der Waals surface area contributed by atoms with Crippen molar-refractivity contribution in [3.8, 4) is 0 Å². The normalized spacial score (nSPS) is 13.6. The monoisotopic (exact) mass is 164 g/mol. The number of amides is 1. The predicted octanol–water partition coefficient (Wildman–Crippen LogP) is 0.0308. The van der Waals surface area contributed by atoms with Gasteiger partial charge in [0.2, 0.25) is 5.91 Å². The van der Waals surface area contributed by atoms with Gasteiger partial charge in [-0.15, -0.1) is 11.6 Å². The van der Waals surface area contributed by atoms with Crippen LogP contribution in [0.2, 0.25) is 0 Å². The second-order valence-corrected chi connectivity index (χ2v) is 2.99. The Bertz CT molecular complexity index is 116. The van der Waals surface area contributed by atoms with E-state index in [1.807, 2.05) is 19.0 Å². The predicted molar refractivity (Wildman–Crippen MR) is 42.0 cm³/mol. The zero-order chi connectivity index (χ0) is 8.15. The Morgan fingerprint density at radius 2 is 2.20 bits per heavy atom. The summed E-state index contributed by atoms with van der Waals surface area (Å²) in [6.45, 7) is 0.789. The molecule has 1 atom stereocenters. The molecule has 0 aliphatic heterocycles. The number of halogens is 1. The van der Waals surface area contributed by atoms with Crippen molar-refractivity contribution in [1.82, 2.24) is 4.90 Å². The molecule has 60 valence electrons. The summed E-state index contributed by atoms with van der Waals surface area (Å²) in [7, 11) is 3.84. The second-order valence-electron chi connectivity index (χ2n) is 2.46. The van der Waals surface area contributed by atoms with Crippen LogP contribution in [-0.2, 0) is 4.79 Å². The van der Waals surface area contributed by atoms with Crippen LogP contribution in [0.15, 0.2) is 0 Å². The number of rotatable bonds is 4. The van der Waals surface area contributed by atoms with E-state index in [2.05, 4.69) is 0 Å². The highest BCUT2D eigenvalue weighted by atomic mass is 35.5. The minimum absolute atomic E-state index is 0.441. The second kappa shape index (κ2) is 4.52. The molecule has 1 amide bonds. The summed E-state index contributed by atoms with van der Waals surface area (Å²) in [5, 5.41) is -0.526. The SMILES string of the molecule is CN(C)CCC(Cl)C(N)=O. The van der Waals surface area contributed by atoms with Crippen LogP contribution >= 0.6 is 11.6 Å². The largest absolute Gasteiger partial charge is 0.368 e. The van der Waals surface area contributed by atoms with Gasteiger partial charge in [0.1, 0.15) is 5.38 Å². The molecule has 0 aromatic heterocycles. The van der Waals surface area contributed by atoms with Crippen LogP contribution in [0.25, 0.3) is 0 Å². The number of carbonyl (C=O) groups is 1. The topological polar surface area (TPSA) is 46.3 Å². The Morgan fingerprint density at radius 3 is 2.50 bits per heavy atom. The summed E-state index contributed by atoms with van der Waals surface area (Å²) in [6.07, 6.45) is 0.615. The van der Waals surface area contributed by atoms with Gasteiger partial charge in [-0.25, -0.2) is 0 Å². The summed E-state index contributed by atoms with van der Waals surface area (Å²) in [5.74, 6) is -0.441. The summed E-state index contributed by atoms with van der Waals surface area (Å²) in [5.41, 5.74) is 4.93. The minimum Gasteiger partial charge on any atom is -0.368 e. The third kappa shape index (κ3) is 4.58. The molecule has 0 saturated heterocycles. The number of carbonyl (C=O) groups excluding carboxylic acids is 1. The molecule has 0 radical (unpaired) electrons. The molecular weight excluding hydrogens is 152 g/mol. The maximum Gasteiger partial charge on any atom is 0.235 e. The van der Waals surface area contributed by atoms with Crippen LogP contribution in [-0.4, -0.2) is 36.8 Å². The third-order valence-electron chi connectivity index (χ3n) is 1.14. The van der Waals surface area contributed by atoms with Crippen molar-refractivity contribution in [2.24, 2.45) is 5.73 Å². The van der Waals surface area contributed by atoms with Gasteiger partial charge in [-0.1, -0.05) is 0 Å². The molecule has 0 rings (SSSR count). The highest BCUT2D eigenvalue weighted by Crippen LogP contribution is 2.00. The van der Waals surface area contributed by atoms with Gasteiger partial charge in [0.05, 0.1) is 0 Å². The van der Waals surface area contributed by atoms with Crippen LogP contribution in [0.3, 0.4) is 0 Å². The molecule has 0 aromatic carbocycles. The first-order valence-corrected chi connectivity index (χ1v) is 3.56. The van der Waals surface area contributed by atoms with Crippen molar-refractivity contribution in [3.05, 3.63) is 0 Å². The Morgan fingerprint density at radius 1 is 1.70 bits per heavy atom. The van der Waals surface area contributed by atoms with E-state index in [0.29, 0.717) is 6.42 Å². The van der Waals surface area contributed by atoms with E-state index in [4.69, 9.17) is 17.3 Å². The molecule has 0 fully saturated rings. The smallest absolute Gasteiger partial charge is 0.235 e. The lowest BCUT2D eigenvalue weighted by molar-refractivity contribution is -0.117. The third-order valence-corrected chi connectivity index (χ3v) is 1.57. The Kier molecular flexibility index (Phi) is 4.40. The van der Waals surface area contributed by atoms with Crippen molar-refractivity contribution in [3.63, 3.8) is 0 Å². The van der Waals surface area contributed by atoms with Crippen molar-refractivity contribution in [2.75, 3.05) is 20.6 Å². The molecule has 0 saturated carbocycles. The van der Waals surface area contributed by atoms with Crippen molar-refractivity contribution in [2.45, 2.75) is 11.8 Å². The molecule has 1 unspecified atom stereocenters. The summed E-state index contributed by atoms with van der Waals surface area (Å²) < 4.78 is 0. The molecule has 0 heterocycles. The van der Waals surface area contributed by atoms with E-state index in [1.54, 1.807) is 0 Å². The Balaban J connectivity index is 3.40. The lowest BCUT2D eigenvalue weighted by Gasteiger charge is -2.10. The Hall–Kier alpha value is -0.280. The first-order valence-electron chi connectivity index (χ1n) is 3.12. The quantitative estimate of drug-likeness (QED) is 0.596. The molecule has 0 aromatic rings. The molecule has 0 aliphatic rings. The maximum atomic E-state index is 10.4. The molecular formula is C6H13ClN2O. The van der Waals surface area contributed by atoms with Crippen LogP contribution in [0.5, 0.6) is 0 Å². The minimum atomic E-state index is -0.526. The van der Waals surface area contributed by atoms with Crippen LogP contribution in [0, 0.1) is 0 Å². The fourth-order valence-corrected chi connectivity index (χ4v) is 0.611. The average Bonchev–Trinajstić information content (AvgIpc) is 1.82. The lowest BCUT2D eigenvalue weighted by atomic mass is 10.3. The van der Waals surface area contributed by atoms with E-state index in [-0.39, 0.29) is 0 Å². The lowest BCUT2D eigenvalue weighted by Crippen LogP contribution is -2.27. The highest BCUT2D eigenvalue weighted by Gasteiger charge is 2.10. The number of alkyl halides is 1. The number of hydrogen-bond donors (Lipinski definition) is 1. The summed E-state index contributed by atoms with van der Waals surface area (Å²) in [4.78, 5) is 12.3. The molecule has 10 heavy (non-hydrogen) atoms. The Labute approximate surface area is 66.1 Å². The van der Waals surface area contributed by atoms with Gasteiger partial charge >= 0.3 is 0 Å². The molecule has 2 N–H and O–H groups in total. The maximum absolute atomic E-state index is 10.4. The molecule has 0 spiro atoms. The highest BCUT2D eigenvalue weighted by molar-refractivity contribution is 6.30. The fourth-order valence-electron chi connectivity index (χ4n) is 0.514. The number of hydrogen-bond acceptors (Lipinski definition) is 2. The van der Waals surface area contributed by atoms with Crippen molar-refractivity contribution in [1.29, 1.82) is 0 Å². The van der Waals surface area contributed by atoms with E-state index in [1.165, 1.54) is 0 Å². The molecule has 0 aliphatic carbocycles. The van der Waals surface area contributed by atoms with Gasteiger partial charge in [-0.05, 0) is 27.1 Å². The van der Waals surface area contributed by atoms with E-state index >= 15 is 0 Å². The van der Waals surface area contributed by atoms with Gasteiger partial charge in [0, 0.05) is 0 Å². The number of nitrogens with two attached hydrogens (primary N) is 1. The average molecular weight is 165 g/mol. The van der Waals surface area contributed by atoms with Gasteiger partial charge in [0.15, 0.2) is 0 Å². The first kappa shape index (κ1) is 9.72. The van der Waals surface area contributed by atoms with E-state index < -0.39 is 11.3 Å². The van der Waals surface area contributed by atoms with Gasteiger partial charge in [-0.2, -0.15) is 0 Å². The van der Waals surface area contributed by atoms with E-state index in [0.717, 1.165) is 6.54 Å². The van der Waals surface area contributed by atoms with Crippen molar-refractivity contribution < 1.29 is 4.79 Å². The van der Waals surface area contributed by atoms with E-state index in [9.17, 15) is 4.79 Å².